The van der Waals surface area contributed by atoms with E-state index in [9.17, 15) is 0 Å². The molecule has 96 valence electrons. The van der Waals surface area contributed by atoms with Crippen molar-refractivity contribution in [3.05, 3.63) is 17.8 Å². The van der Waals surface area contributed by atoms with Gasteiger partial charge in [-0.3, -0.25) is 4.90 Å². The molecule has 1 fully saturated rings. The number of nitrogens with two attached hydrogens (primary N) is 1. The summed E-state index contributed by atoms with van der Waals surface area (Å²) in [5, 5.41) is 0. The molecule has 4 heteroatoms. The van der Waals surface area contributed by atoms with Crippen molar-refractivity contribution in [1.29, 1.82) is 0 Å². The van der Waals surface area contributed by atoms with Gasteiger partial charge in [0.1, 0.15) is 5.76 Å². The highest BCUT2D eigenvalue weighted by Crippen LogP contribution is 2.26. The van der Waals surface area contributed by atoms with Gasteiger partial charge in [0.25, 0.3) is 0 Å². The summed E-state index contributed by atoms with van der Waals surface area (Å²) >= 11 is 0. The third-order valence-corrected chi connectivity index (χ3v) is 3.99. The number of aryl methyl sites for hydroxylation is 1. The zero-order chi connectivity index (χ0) is 12.3. The van der Waals surface area contributed by atoms with Crippen LogP contribution in [0.2, 0.25) is 0 Å². The van der Waals surface area contributed by atoms with Gasteiger partial charge >= 0.3 is 0 Å². The molecule has 1 saturated heterocycles. The predicted octanol–water partition coefficient (Wildman–Crippen LogP) is 1.93. The van der Waals surface area contributed by atoms with Crippen molar-refractivity contribution in [1.82, 2.24) is 9.88 Å². The molecule has 2 N–H and O–H groups in total. The van der Waals surface area contributed by atoms with Crippen LogP contribution in [0.1, 0.15) is 37.6 Å². The molecule has 0 spiro atoms. The zero-order valence-corrected chi connectivity index (χ0v) is 10.9. The van der Waals surface area contributed by atoms with Gasteiger partial charge in [0.05, 0.1) is 5.69 Å². The molecular formula is C13H23N3O. The van der Waals surface area contributed by atoms with Gasteiger partial charge in [-0.15, -0.1) is 0 Å². The summed E-state index contributed by atoms with van der Waals surface area (Å²) in [6.07, 6.45) is 5.31. The van der Waals surface area contributed by atoms with Gasteiger partial charge < -0.3 is 10.2 Å². The molecule has 2 unspecified atom stereocenters. The maximum Gasteiger partial charge on any atom is 0.181 e. The van der Waals surface area contributed by atoms with E-state index in [4.69, 9.17) is 10.2 Å². The van der Waals surface area contributed by atoms with Gasteiger partial charge in [0.15, 0.2) is 6.39 Å². The van der Waals surface area contributed by atoms with E-state index in [1.54, 1.807) is 0 Å². The third kappa shape index (κ3) is 2.87. The highest BCUT2D eigenvalue weighted by atomic mass is 16.3. The highest BCUT2D eigenvalue weighted by Gasteiger charge is 2.27. The highest BCUT2D eigenvalue weighted by molar-refractivity contribution is 5.05. The lowest BCUT2D eigenvalue weighted by molar-refractivity contribution is 0.106. The standard InChI is InChI=1S/C13H23N3O/c1-3-11-4-5-16(12(6-11)7-14)8-13-10(2)17-9-15-13/h9,11-12H,3-8,14H2,1-2H3. The van der Waals surface area contributed by atoms with E-state index in [1.807, 2.05) is 6.92 Å². The van der Waals surface area contributed by atoms with Crippen LogP contribution >= 0.6 is 0 Å². The maximum absolute atomic E-state index is 5.89. The number of aromatic nitrogens is 1. The Labute approximate surface area is 103 Å². The summed E-state index contributed by atoms with van der Waals surface area (Å²) in [7, 11) is 0. The molecule has 0 aliphatic carbocycles. The van der Waals surface area contributed by atoms with Crippen molar-refractivity contribution >= 4 is 0 Å². The van der Waals surface area contributed by atoms with E-state index in [2.05, 4.69) is 16.8 Å². The Morgan fingerprint density at radius 3 is 3.00 bits per heavy atom. The Hall–Kier alpha value is -0.870. The minimum atomic E-state index is 0.504. The molecule has 0 bridgehead atoms. The van der Waals surface area contributed by atoms with Gasteiger partial charge in [-0.2, -0.15) is 0 Å². The monoisotopic (exact) mass is 237 g/mol. The van der Waals surface area contributed by atoms with Crippen LogP contribution in [0.3, 0.4) is 0 Å². The average molecular weight is 237 g/mol. The Bertz CT molecular complexity index is 350. The Morgan fingerprint density at radius 1 is 1.59 bits per heavy atom. The zero-order valence-electron chi connectivity index (χ0n) is 10.9. The first-order chi connectivity index (χ1) is 8.24. The van der Waals surface area contributed by atoms with Crippen LogP contribution in [-0.2, 0) is 6.54 Å². The summed E-state index contributed by atoms with van der Waals surface area (Å²) in [4.78, 5) is 6.72. The fraction of sp³-hybridized carbons (Fsp3) is 0.769. The molecule has 2 atom stereocenters. The van der Waals surface area contributed by atoms with E-state index in [0.29, 0.717) is 6.04 Å². The number of oxazole rings is 1. The second kappa shape index (κ2) is 5.65. The van der Waals surface area contributed by atoms with Crippen molar-refractivity contribution in [3.63, 3.8) is 0 Å². The van der Waals surface area contributed by atoms with Gasteiger partial charge in [0.2, 0.25) is 0 Å². The van der Waals surface area contributed by atoms with Gasteiger partial charge in [-0.05, 0) is 32.2 Å². The fourth-order valence-corrected chi connectivity index (χ4v) is 2.68. The van der Waals surface area contributed by atoms with Crippen molar-refractivity contribution < 1.29 is 4.42 Å². The maximum atomic E-state index is 5.89. The van der Waals surface area contributed by atoms with E-state index in [-0.39, 0.29) is 0 Å². The van der Waals surface area contributed by atoms with E-state index in [0.717, 1.165) is 37.0 Å². The molecule has 17 heavy (non-hydrogen) atoms. The molecule has 4 nitrogen and oxygen atoms in total. The smallest absolute Gasteiger partial charge is 0.181 e. The summed E-state index contributed by atoms with van der Waals surface area (Å²) in [5.41, 5.74) is 6.95. The minimum Gasteiger partial charge on any atom is -0.448 e. The predicted molar refractivity (Wildman–Crippen MR) is 67.5 cm³/mol. The summed E-state index contributed by atoms with van der Waals surface area (Å²) in [6, 6.07) is 0.504. The molecule has 1 aliphatic heterocycles. The molecule has 1 aromatic heterocycles. The lowest BCUT2D eigenvalue weighted by atomic mass is 9.89. The number of hydrogen-bond donors (Lipinski definition) is 1. The number of nitrogens with zero attached hydrogens (tertiary/aromatic N) is 2. The van der Waals surface area contributed by atoms with Gasteiger partial charge in [0, 0.05) is 19.1 Å². The molecule has 1 aromatic rings. The van der Waals surface area contributed by atoms with Gasteiger partial charge in [-0.1, -0.05) is 13.3 Å². The number of piperidine rings is 1. The molecule has 0 radical (unpaired) electrons. The van der Waals surface area contributed by atoms with Crippen LogP contribution in [0, 0.1) is 12.8 Å². The second-order valence-corrected chi connectivity index (χ2v) is 5.01. The first-order valence-corrected chi connectivity index (χ1v) is 6.57. The fourth-order valence-electron chi connectivity index (χ4n) is 2.68. The SMILES string of the molecule is CCC1CCN(Cc2ncoc2C)C(CN)C1. The summed E-state index contributed by atoms with van der Waals surface area (Å²) in [5.74, 6) is 1.77. The number of rotatable bonds is 4. The van der Waals surface area contributed by atoms with Crippen molar-refractivity contribution in [3.8, 4) is 0 Å². The molecule has 0 saturated carbocycles. The van der Waals surface area contributed by atoms with Crippen LogP contribution in [0.15, 0.2) is 10.8 Å². The van der Waals surface area contributed by atoms with E-state index >= 15 is 0 Å². The van der Waals surface area contributed by atoms with Crippen molar-refractivity contribution in [2.45, 2.75) is 45.7 Å². The topological polar surface area (TPSA) is 55.3 Å². The molecule has 2 rings (SSSR count). The Kier molecular flexibility index (Phi) is 4.18. The first kappa shape index (κ1) is 12.6. The summed E-state index contributed by atoms with van der Waals surface area (Å²) in [6.45, 7) is 7.00. The Balaban J connectivity index is 1.98. The van der Waals surface area contributed by atoms with E-state index in [1.165, 1.54) is 25.7 Å². The van der Waals surface area contributed by atoms with Crippen LogP contribution < -0.4 is 5.73 Å². The summed E-state index contributed by atoms with van der Waals surface area (Å²) < 4.78 is 5.25. The minimum absolute atomic E-state index is 0.504. The largest absolute Gasteiger partial charge is 0.448 e. The average Bonchev–Trinajstić information content (AvgIpc) is 2.75. The molecule has 0 amide bonds. The van der Waals surface area contributed by atoms with Crippen LogP contribution in [-0.4, -0.2) is 29.0 Å². The Morgan fingerprint density at radius 2 is 2.41 bits per heavy atom. The lowest BCUT2D eigenvalue weighted by Crippen LogP contribution is -2.46. The van der Waals surface area contributed by atoms with Gasteiger partial charge in [-0.25, -0.2) is 4.98 Å². The van der Waals surface area contributed by atoms with Crippen molar-refractivity contribution in [2.24, 2.45) is 11.7 Å². The third-order valence-electron chi connectivity index (χ3n) is 3.99. The van der Waals surface area contributed by atoms with Crippen LogP contribution in [0.5, 0.6) is 0 Å². The first-order valence-electron chi connectivity index (χ1n) is 6.57. The quantitative estimate of drug-likeness (QED) is 0.869. The van der Waals surface area contributed by atoms with Crippen LogP contribution in [0.4, 0.5) is 0 Å². The lowest BCUT2D eigenvalue weighted by Gasteiger charge is -2.38. The second-order valence-electron chi connectivity index (χ2n) is 5.01. The number of hydrogen-bond acceptors (Lipinski definition) is 4. The molecular weight excluding hydrogens is 214 g/mol. The number of likely N-dealkylation sites (tertiary alicyclic amines) is 1. The molecule has 1 aliphatic rings. The van der Waals surface area contributed by atoms with E-state index < -0.39 is 0 Å². The van der Waals surface area contributed by atoms with Crippen molar-refractivity contribution in [2.75, 3.05) is 13.1 Å². The normalized spacial score (nSPS) is 26.3. The molecule has 0 aromatic carbocycles. The van der Waals surface area contributed by atoms with Crippen LogP contribution in [0.25, 0.3) is 0 Å². The molecule has 2 heterocycles.